The minimum absolute atomic E-state index is 0.295. The van der Waals surface area contributed by atoms with Gasteiger partial charge in [-0.2, -0.15) is 0 Å². The molecule has 0 aliphatic rings. The highest BCUT2D eigenvalue weighted by Crippen LogP contribution is 2.22. The first kappa shape index (κ1) is 9.32. The van der Waals surface area contributed by atoms with Gasteiger partial charge in [0.2, 0.25) is 0 Å². The molecule has 12 heavy (non-hydrogen) atoms. The molecule has 0 N–H and O–H groups in total. The summed E-state index contributed by atoms with van der Waals surface area (Å²) in [5.41, 5.74) is 0. The lowest BCUT2D eigenvalue weighted by Crippen LogP contribution is -2.09. The summed E-state index contributed by atoms with van der Waals surface area (Å²) >= 11 is 3.15. The zero-order valence-corrected chi connectivity index (χ0v) is 8.42. The minimum Gasteiger partial charge on any atom is -0.468 e. The molecule has 66 valence electrons. The summed E-state index contributed by atoms with van der Waals surface area (Å²) in [6, 6.07) is 3.49. The van der Waals surface area contributed by atoms with Crippen LogP contribution < -0.4 is 0 Å². The van der Waals surface area contributed by atoms with Crippen LogP contribution in [0.2, 0.25) is 0 Å². The van der Waals surface area contributed by atoms with E-state index in [-0.39, 0.29) is 11.9 Å². The number of halogens is 1. The first-order valence-electron chi connectivity index (χ1n) is 3.48. The van der Waals surface area contributed by atoms with Crippen LogP contribution in [0.25, 0.3) is 0 Å². The van der Waals surface area contributed by atoms with Crippen molar-refractivity contribution in [2.24, 2.45) is 0 Å². The van der Waals surface area contributed by atoms with Gasteiger partial charge in [-0.1, -0.05) is 0 Å². The number of hydrogen-bond acceptors (Lipinski definition) is 3. The average molecular weight is 233 g/mol. The van der Waals surface area contributed by atoms with Crippen molar-refractivity contribution in [2.45, 2.75) is 12.8 Å². The van der Waals surface area contributed by atoms with E-state index >= 15 is 0 Å². The molecule has 0 fully saturated rings. The Bertz CT molecular complexity index is 280. The van der Waals surface area contributed by atoms with Gasteiger partial charge in [-0.05, 0) is 35.0 Å². The standard InChI is InChI=1S/C8H9BrO3/c1-5(8(10)11-2)6-3-4-7(9)12-6/h3-5H,1-2H3. The molecule has 1 rings (SSSR count). The van der Waals surface area contributed by atoms with Crippen LogP contribution in [0.5, 0.6) is 0 Å². The third-order valence-corrected chi connectivity index (χ3v) is 2.00. The zero-order chi connectivity index (χ0) is 9.14. The zero-order valence-electron chi connectivity index (χ0n) is 6.83. The summed E-state index contributed by atoms with van der Waals surface area (Å²) in [6.45, 7) is 1.73. The Balaban J connectivity index is 2.77. The molecule has 0 radical (unpaired) electrons. The Morgan fingerprint density at radius 3 is 2.75 bits per heavy atom. The fraction of sp³-hybridized carbons (Fsp3) is 0.375. The average Bonchev–Trinajstić information content (AvgIpc) is 2.49. The molecule has 0 spiro atoms. The van der Waals surface area contributed by atoms with Crippen LogP contribution in [0, 0.1) is 0 Å². The van der Waals surface area contributed by atoms with Crippen molar-refractivity contribution in [3.8, 4) is 0 Å². The van der Waals surface area contributed by atoms with Crippen molar-refractivity contribution in [3.05, 3.63) is 22.6 Å². The minimum atomic E-state index is -0.346. The van der Waals surface area contributed by atoms with Crippen LogP contribution in [-0.4, -0.2) is 13.1 Å². The van der Waals surface area contributed by atoms with E-state index in [2.05, 4.69) is 20.7 Å². The highest BCUT2D eigenvalue weighted by atomic mass is 79.9. The molecule has 0 saturated carbocycles. The Morgan fingerprint density at radius 2 is 2.33 bits per heavy atom. The van der Waals surface area contributed by atoms with Crippen LogP contribution >= 0.6 is 15.9 Å². The Kier molecular flexibility index (Phi) is 2.92. The molecule has 1 unspecified atom stereocenters. The molecule has 3 nitrogen and oxygen atoms in total. The quantitative estimate of drug-likeness (QED) is 0.736. The smallest absolute Gasteiger partial charge is 0.316 e. The van der Waals surface area contributed by atoms with Crippen molar-refractivity contribution < 1.29 is 13.9 Å². The molecule has 0 aliphatic heterocycles. The Hall–Kier alpha value is -0.770. The lowest BCUT2D eigenvalue weighted by molar-refractivity contribution is -0.142. The maximum absolute atomic E-state index is 11.0. The molecule has 0 amide bonds. The van der Waals surface area contributed by atoms with Gasteiger partial charge < -0.3 is 9.15 Å². The number of furan rings is 1. The van der Waals surface area contributed by atoms with Crippen molar-refractivity contribution in [2.75, 3.05) is 7.11 Å². The predicted molar refractivity (Wildman–Crippen MR) is 46.8 cm³/mol. The monoisotopic (exact) mass is 232 g/mol. The second-order valence-corrected chi connectivity index (χ2v) is 3.17. The first-order valence-corrected chi connectivity index (χ1v) is 4.27. The molecule has 1 atom stereocenters. The molecular weight excluding hydrogens is 224 g/mol. The van der Waals surface area contributed by atoms with E-state index in [0.717, 1.165) is 0 Å². The maximum atomic E-state index is 11.0. The predicted octanol–water partition coefficient (Wildman–Crippen LogP) is 2.32. The summed E-state index contributed by atoms with van der Waals surface area (Å²) in [6.07, 6.45) is 0. The highest BCUT2D eigenvalue weighted by Gasteiger charge is 2.18. The van der Waals surface area contributed by atoms with Crippen LogP contribution in [0.15, 0.2) is 21.2 Å². The number of carbonyl (C=O) groups is 1. The summed E-state index contributed by atoms with van der Waals surface area (Å²) in [5.74, 6) is -0.0353. The van der Waals surface area contributed by atoms with Gasteiger partial charge in [0, 0.05) is 0 Å². The molecule has 1 aromatic heterocycles. The van der Waals surface area contributed by atoms with Gasteiger partial charge in [0.25, 0.3) is 0 Å². The summed E-state index contributed by atoms with van der Waals surface area (Å²) in [4.78, 5) is 11.0. The van der Waals surface area contributed by atoms with E-state index < -0.39 is 0 Å². The fourth-order valence-corrected chi connectivity index (χ4v) is 1.17. The number of esters is 1. The van der Waals surface area contributed by atoms with Gasteiger partial charge in [-0.15, -0.1) is 0 Å². The van der Waals surface area contributed by atoms with Crippen LogP contribution in [0.4, 0.5) is 0 Å². The van der Waals surface area contributed by atoms with Crippen LogP contribution in [0.1, 0.15) is 18.6 Å². The summed E-state index contributed by atoms with van der Waals surface area (Å²) in [5, 5.41) is 0. The number of carbonyl (C=O) groups excluding carboxylic acids is 1. The number of hydrogen-bond donors (Lipinski definition) is 0. The molecule has 0 aromatic carbocycles. The van der Waals surface area contributed by atoms with Crippen LogP contribution in [-0.2, 0) is 9.53 Å². The van der Waals surface area contributed by atoms with Gasteiger partial charge in [-0.3, -0.25) is 4.79 Å². The van der Waals surface area contributed by atoms with E-state index in [1.165, 1.54) is 7.11 Å². The molecular formula is C8H9BrO3. The van der Waals surface area contributed by atoms with Gasteiger partial charge >= 0.3 is 5.97 Å². The van der Waals surface area contributed by atoms with Crippen molar-refractivity contribution in [1.29, 1.82) is 0 Å². The van der Waals surface area contributed by atoms with E-state index in [0.29, 0.717) is 10.4 Å². The largest absolute Gasteiger partial charge is 0.468 e. The normalized spacial score (nSPS) is 12.6. The SMILES string of the molecule is COC(=O)C(C)c1ccc(Br)o1. The van der Waals surface area contributed by atoms with E-state index in [9.17, 15) is 4.79 Å². The number of rotatable bonds is 2. The van der Waals surface area contributed by atoms with Gasteiger partial charge in [-0.25, -0.2) is 0 Å². The second-order valence-electron chi connectivity index (χ2n) is 2.39. The molecule has 0 bridgehead atoms. The molecule has 0 saturated heterocycles. The third-order valence-electron chi connectivity index (χ3n) is 1.58. The summed E-state index contributed by atoms with van der Waals surface area (Å²) < 4.78 is 10.4. The van der Waals surface area contributed by atoms with E-state index in [4.69, 9.17) is 4.42 Å². The van der Waals surface area contributed by atoms with Gasteiger partial charge in [0.05, 0.1) is 7.11 Å². The topological polar surface area (TPSA) is 39.4 Å². The number of methoxy groups -OCH3 is 1. The maximum Gasteiger partial charge on any atom is 0.316 e. The third kappa shape index (κ3) is 1.88. The molecule has 0 aliphatic carbocycles. The fourth-order valence-electron chi connectivity index (χ4n) is 0.854. The number of ether oxygens (including phenoxy) is 1. The van der Waals surface area contributed by atoms with Crippen molar-refractivity contribution in [3.63, 3.8) is 0 Å². The highest BCUT2D eigenvalue weighted by molar-refractivity contribution is 9.10. The van der Waals surface area contributed by atoms with Crippen molar-refractivity contribution in [1.82, 2.24) is 0 Å². The first-order chi connectivity index (χ1) is 5.65. The Morgan fingerprint density at radius 1 is 1.67 bits per heavy atom. The molecule has 1 aromatic rings. The lowest BCUT2D eigenvalue weighted by Gasteiger charge is -2.04. The molecule has 4 heteroatoms. The Labute approximate surface area is 78.8 Å². The van der Waals surface area contributed by atoms with Gasteiger partial charge in [0.15, 0.2) is 4.67 Å². The summed E-state index contributed by atoms with van der Waals surface area (Å²) in [7, 11) is 1.36. The molecule has 1 heterocycles. The lowest BCUT2D eigenvalue weighted by atomic mass is 10.1. The van der Waals surface area contributed by atoms with Crippen LogP contribution in [0.3, 0.4) is 0 Å². The second kappa shape index (κ2) is 3.76. The van der Waals surface area contributed by atoms with E-state index in [1.807, 2.05) is 0 Å². The van der Waals surface area contributed by atoms with Crippen molar-refractivity contribution >= 4 is 21.9 Å². The van der Waals surface area contributed by atoms with Gasteiger partial charge in [0.1, 0.15) is 11.7 Å². The van der Waals surface area contributed by atoms with E-state index in [1.54, 1.807) is 19.1 Å².